The van der Waals surface area contributed by atoms with Crippen molar-refractivity contribution in [2.45, 2.75) is 97.7 Å². The van der Waals surface area contributed by atoms with Crippen LogP contribution in [0, 0.1) is 13.8 Å². The van der Waals surface area contributed by atoms with Gasteiger partial charge in [0.25, 0.3) is 0 Å². The quantitative estimate of drug-likeness (QED) is 0.154. The van der Waals surface area contributed by atoms with E-state index in [-0.39, 0.29) is 0 Å². The molecule has 0 spiro atoms. The van der Waals surface area contributed by atoms with Gasteiger partial charge in [-0.05, 0) is 160 Å². The van der Waals surface area contributed by atoms with Crippen LogP contribution in [0.5, 0.6) is 11.5 Å². The van der Waals surface area contributed by atoms with Crippen LogP contribution in [-0.2, 0) is 31.1 Å². The molecule has 2 saturated heterocycles. The van der Waals surface area contributed by atoms with E-state index < -0.39 is 12.0 Å². The first kappa shape index (κ1) is 36.6. The van der Waals surface area contributed by atoms with Crippen LogP contribution in [0.4, 0.5) is 0 Å². The van der Waals surface area contributed by atoms with E-state index in [1.165, 1.54) is 53.6 Å². The fraction of sp³-hybridized carbons (Fsp3) is 0.405. The van der Waals surface area contributed by atoms with Crippen LogP contribution < -0.4 is 9.47 Å². The van der Waals surface area contributed by atoms with Gasteiger partial charge in [0.15, 0.2) is 0 Å². The summed E-state index contributed by atoms with van der Waals surface area (Å²) in [7, 11) is 0. The number of piperidine rings is 2. The van der Waals surface area contributed by atoms with Crippen molar-refractivity contribution < 1.29 is 19.4 Å². The summed E-state index contributed by atoms with van der Waals surface area (Å²) in [6.07, 6.45) is 6.61. The molecule has 0 saturated carbocycles. The third-order valence-electron chi connectivity index (χ3n) is 10.6. The molecular formula is C42H48Br2N2O4. The number of aliphatic carboxylic acids is 1. The second-order valence-corrected chi connectivity index (χ2v) is 15.6. The van der Waals surface area contributed by atoms with Gasteiger partial charge in [-0.2, -0.15) is 0 Å². The molecule has 1 N–H and O–H groups in total. The van der Waals surface area contributed by atoms with E-state index in [4.69, 9.17) is 9.47 Å². The van der Waals surface area contributed by atoms with Gasteiger partial charge >= 0.3 is 5.97 Å². The van der Waals surface area contributed by atoms with Crippen molar-refractivity contribution in [1.82, 2.24) is 9.80 Å². The third kappa shape index (κ3) is 8.82. The van der Waals surface area contributed by atoms with Gasteiger partial charge in [0.1, 0.15) is 30.8 Å². The summed E-state index contributed by atoms with van der Waals surface area (Å²) in [5, 5.41) is 9.66. The molecule has 264 valence electrons. The maximum absolute atomic E-state index is 11.8. The Morgan fingerprint density at radius 3 is 1.72 bits per heavy atom. The van der Waals surface area contributed by atoms with Crippen LogP contribution in [0.3, 0.4) is 0 Å². The normalized spacial score (nSPS) is 18.6. The van der Waals surface area contributed by atoms with Gasteiger partial charge in [-0.15, -0.1) is 0 Å². The number of nitrogens with zero attached hydrogens (tertiary/aromatic N) is 2. The van der Waals surface area contributed by atoms with Crippen LogP contribution in [0.25, 0.3) is 11.1 Å². The number of carboxylic acids is 1. The molecule has 0 aliphatic carbocycles. The summed E-state index contributed by atoms with van der Waals surface area (Å²) in [6, 6.07) is 25.6. The van der Waals surface area contributed by atoms with E-state index in [2.05, 4.69) is 117 Å². The predicted octanol–water partition coefficient (Wildman–Crippen LogP) is 10.5. The Balaban J connectivity index is 1.10. The van der Waals surface area contributed by atoms with Gasteiger partial charge in [-0.25, -0.2) is 0 Å². The second kappa shape index (κ2) is 16.9. The van der Waals surface area contributed by atoms with E-state index in [9.17, 15) is 9.90 Å². The fourth-order valence-corrected chi connectivity index (χ4v) is 8.50. The molecule has 0 bridgehead atoms. The highest BCUT2D eigenvalue weighted by Crippen LogP contribution is 2.34. The van der Waals surface area contributed by atoms with Gasteiger partial charge in [0.05, 0.1) is 8.95 Å². The average Bonchev–Trinajstić information content (AvgIpc) is 3.10. The zero-order valence-electron chi connectivity index (χ0n) is 29.4. The van der Waals surface area contributed by atoms with Crippen molar-refractivity contribution >= 4 is 37.8 Å². The molecule has 4 aromatic carbocycles. The molecule has 6 nitrogen and oxygen atoms in total. The topological polar surface area (TPSA) is 62.2 Å². The molecule has 50 heavy (non-hydrogen) atoms. The largest absolute Gasteiger partial charge is 0.488 e. The standard InChI is InChI=1S/C42H48Br2N2O4/c1-28-10-4-6-20-45(28)24-31-16-18-40(37(43)22-31)49-26-33-11-8-13-35(29(33)2)36-14-9-12-34(30(36)3)27-50-41-19-17-32(23-38(41)44)25-46-21-7-5-15-39(46)42(47)48/h8-9,11-14,16-19,22-23,28,39H,4-7,10,15,20-21,24-27H2,1-3H3,(H,47,48)/t28-,39+/m1/s1. The van der Waals surface area contributed by atoms with Crippen LogP contribution >= 0.6 is 31.9 Å². The zero-order valence-corrected chi connectivity index (χ0v) is 32.6. The first-order valence-electron chi connectivity index (χ1n) is 17.9. The SMILES string of the molecule is Cc1c(COc2ccc(CN3CCCC[C@H]3C)cc2Br)cccc1-c1cccc(COc2ccc(CN3CCCC[C@H]3C(=O)O)cc2Br)c1C. The minimum Gasteiger partial charge on any atom is -0.488 e. The van der Waals surface area contributed by atoms with Gasteiger partial charge in [0.2, 0.25) is 0 Å². The first-order valence-corrected chi connectivity index (χ1v) is 19.5. The van der Waals surface area contributed by atoms with Crippen molar-refractivity contribution in [1.29, 1.82) is 0 Å². The molecule has 2 fully saturated rings. The Labute approximate surface area is 314 Å². The third-order valence-corrected chi connectivity index (χ3v) is 11.8. The molecule has 8 heteroatoms. The van der Waals surface area contributed by atoms with Crippen molar-refractivity contribution in [3.05, 3.63) is 115 Å². The van der Waals surface area contributed by atoms with Crippen molar-refractivity contribution in [3.8, 4) is 22.6 Å². The van der Waals surface area contributed by atoms with Crippen LogP contribution in [0.2, 0.25) is 0 Å². The Morgan fingerprint density at radius 1 is 0.720 bits per heavy atom. The van der Waals surface area contributed by atoms with Gasteiger partial charge < -0.3 is 14.6 Å². The van der Waals surface area contributed by atoms with E-state index in [1.54, 1.807) is 0 Å². The predicted molar refractivity (Wildman–Crippen MR) is 208 cm³/mol. The summed E-state index contributed by atoms with van der Waals surface area (Å²) in [4.78, 5) is 16.4. The lowest BCUT2D eigenvalue weighted by Gasteiger charge is -2.33. The molecule has 2 heterocycles. The molecule has 2 aliphatic heterocycles. The number of benzene rings is 4. The molecule has 0 aromatic heterocycles. The second-order valence-electron chi connectivity index (χ2n) is 13.9. The van der Waals surface area contributed by atoms with Crippen molar-refractivity contribution in [2.24, 2.45) is 0 Å². The number of hydrogen-bond acceptors (Lipinski definition) is 5. The van der Waals surface area contributed by atoms with Crippen molar-refractivity contribution in [2.75, 3.05) is 13.1 Å². The highest BCUT2D eigenvalue weighted by molar-refractivity contribution is 9.10. The molecular weight excluding hydrogens is 756 g/mol. The Hall–Kier alpha value is -3.17. The Bertz CT molecular complexity index is 1810. The number of carboxylic acid groups (broad SMARTS) is 1. The first-order chi connectivity index (χ1) is 24.2. The Morgan fingerprint density at radius 2 is 1.22 bits per heavy atom. The van der Waals surface area contributed by atoms with Gasteiger partial charge in [-0.1, -0.05) is 61.4 Å². The Kier molecular flexibility index (Phi) is 12.4. The monoisotopic (exact) mass is 802 g/mol. The zero-order chi connectivity index (χ0) is 35.2. The number of ether oxygens (including phenoxy) is 2. The number of halogens is 2. The summed E-state index contributed by atoms with van der Waals surface area (Å²) >= 11 is 7.48. The molecule has 0 amide bonds. The van der Waals surface area contributed by atoms with E-state index in [1.807, 2.05) is 18.2 Å². The highest BCUT2D eigenvalue weighted by Gasteiger charge is 2.28. The van der Waals surface area contributed by atoms with E-state index in [0.717, 1.165) is 63.1 Å². The lowest BCUT2D eigenvalue weighted by atomic mass is 9.92. The van der Waals surface area contributed by atoms with E-state index in [0.29, 0.717) is 32.2 Å². The fourth-order valence-electron chi connectivity index (χ4n) is 7.42. The minimum atomic E-state index is -0.733. The smallest absolute Gasteiger partial charge is 0.320 e. The van der Waals surface area contributed by atoms with Crippen molar-refractivity contribution in [3.63, 3.8) is 0 Å². The summed E-state index contributed by atoms with van der Waals surface area (Å²) < 4.78 is 14.6. The number of likely N-dealkylation sites (tertiary alicyclic amines) is 2. The summed E-state index contributed by atoms with van der Waals surface area (Å²) in [5.74, 6) is 0.891. The summed E-state index contributed by atoms with van der Waals surface area (Å²) in [5.41, 5.74) is 9.44. The molecule has 6 rings (SSSR count). The maximum atomic E-state index is 11.8. The molecule has 0 radical (unpaired) electrons. The average molecular weight is 805 g/mol. The highest BCUT2D eigenvalue weighted by atomic mass is 79.9. The van der Waals surface area contributed by atoms with Crippen LogP contribution in [-0.4, -0.2) is 46.0 Å². The number of rotatable bonds is 12. The molecule has 4 aromatic rings. The van der Waals surface area contributed by atoms with Crippen LogP contribution in [0.15, 0.2) is 81.7 Å². The van der Waals surface area contributed by atoms with E-state index >= 15 is 0 Å². The minimum absolute atomic E-state index is 0.414. The van der Waals surface area contributed by atoms with Gasteiger partial charge in [-0.3, -0.25) is 14.6 Å². The number of hydrogen-bond donors (Lipinski definition) is 1. The molecule has 0 unspecified atom stereocenters. The maximum Gasteiger partial charge on any atom is 0.320 e. The lowest BCUT2D eigenvalue weighted by molar-refractivity contribution is -0.144. The molecule has 2 aliphatic rings. The van der Waals surface area contributed by atoms with Gasteiger partial charge in [0, 0.05) is 19.1 Å². The lowest BCUT2D eigenvalue weighted by Crippen LogP contribution is -2.43. The number of carbonyl (C=O) groups is 1. The molecule has 2 atom stereocenters. The van der Waals surface area contributed by atoms with Crippen LogP contribution in [0.1, 0.15) is 78.8 Å². The summed E-state index contributed by atoms with van der Waals surface area (Å²) in [6.45, 7) is 11.2.